The van der Waals surface area contributed by atoms with Crippen LogP contribution in [-0.4, -0.2) is 12.1 Å². The van der Waals surface area contributed by atoms with Crippen molar-refractivity contribution in [3.63, 3.8) is 0 Å². The minimum Gasteiger partial charge on any atom is -0.496 e. The summed E-state index contributed by atoms with van der Waals surface area (Å²) < 4.78 is 5.32. The molecule has 0 amide bonds. The van der Waals surface area contributed by atoms with Crippen LogP contribution in [0.25, 0.3) is 11.1 Å². The lowest BCUT2D eigenvalue weighted by Crippen LogP contribution is -1.98. The topological polar surface area (TPSA) is 71.9 Å². The highest BCUT2D eigenvalue weighted by Crippen LogP contribution is 2.34. The van der Waals surface area contributed by atoms with E-state index in [0.717, 1.165) is 16.7 Å². The molecule has 0 saturated heterocycles. The lowest BCUT2D eigenvalue weighted by molar-refractivity contribution is 0.416. The van der Waals surface area contributed by atoms with Crippen LogP contribution in [0, 0.1) is 18.3 Å². The fourth-order valence-electron chi connectivity index (χ4n) is 1.85. The summed E-state index contributed by atoms with van der Waals surface area (Å²) in [5.41, 5.74) is 8.78. The predicted octanol–water partition coefficient (Wildman–Crippen LogP) is 2.52. The highest BCUT2D eigenvalue weighted by molar-refractivity contribution is 5.79. The minimum atomic E-state index is 0.235. The van der Waals surface area contributed by atoms with Crippen LogP contribution in [-0.2, 0) is 0 Å². The van der Waals surface area contributed by atoms with Gasteiger partial charge in [-0.05, 0) is 25.1 Å². The Balaban J connectivity index is 2.73. The van der Waals surface area contributed by atoms with Gasteiger partial charge in [-0.2, -0.15) is 5.26 Å². The molecule has 2 rings (SSSR count). The number of ether oxygens (including phenoxy) is 1. The summed E-state index contributed by atoms with van der Waals surface area (Å²) in [7, 11) is 1.60. The molecule has 1 aromatic carbocycles. The molecule has 1 aromatic heterocycles. The Morgan fingerprint density at radius 3 is 2.72 bits per heavy atom. The summed E-state index contributed by atoms with van der Waals surface area (Å²) in [5, 5.41) is 9.18. The zero-order valence-corrected chi connectivity index (χ0v) is 10.3. The van der Waals surface area contributed by atoms with Crippen LogP contribution in [0.5, 0.6) is 5.75 Å². The Morgan fingerprint density at radius 1 is 1.28 bits per heavy atom. The number of nitrogen functional groups attached to an aromatic ring is 1. The zero-order valence-electron chi connectivity index (χ0n) is 10.3. The molecule has 4 heteroatoms. The molecule has 2 aromatic rings. The molecule has 0 atom stereocenters. The van der Waals surface area contributed by atoms with Gasteiger partial charge in [-0.25, -0.2) is 4.98 Å². The first kappa shape index (κ1) is 11.9. The number of nitrogens with two attached hydrogens (primary N) is 1. The Morgan fingerprint density at radius 2 is 2.06 bits per heavy atom. The van der Waals surface area contributed by atoms with E-state index in [0.29, 0.717) is 11.3 Å². The molecule has 0 unspecified atom stereocenters. The maximum absolute atomic E-state index is 9.18. The van der Waals surface area contributed by atoms with Gasteiger partial charge in [0, 0.05) is 17.3 Å². The molecule has 4 nitrogen and oxygen atoms in total. The fourth-order valence-corrected chi connectivity index (χ4v) is 1.85. The second kappa shape index (κ2) is 4.76. The van der Waals surface area contributed by atoms with Gasteiger partial charge in [0.25, 0.3) is 0 Å². The van der Waals surface area contributed by atoms with Crippen molar-refractivity contribution in [3.05, 3.63) is 41.6 Å². The Kier molecular flexibility index (Phi) is 3.16. The van der Waals surface area contributed by atoms with Crippen molar-refractivity contribution in [3.8, 4) is 22.9 Å². The predicted molar refractivity (Wildman–Crippen MR) is 70.1 cm³/mol. The summed E-state index contributed by atoms with van der Waals surface area (Å²) >= 11 is 0. The monoisotopic (exact) mass is 239 g/mol. The van der Waals surface area contributed by atoms with Gasteiger partial charge >= 0.3 is 0 Å². The lowest BCUT2D eigenvalue weighted by Gasteiger charge is -2.11. The summed E-state index contributed by atoms with van der Waals surface area (Å²) in [5.74, 6) is 0.946. The van der Waals surface area contributed by atoms with E-state index in [1.54, 1.807) is 19.4 Å². The van der Waals surface area contributed by atoms with Gasteiger partial charge in [0.1, 0.15) is 23.2 Å². The number of methoxy groups -OCH3 is 1. The first-order valence-electron chi connectivity index (χ1n) is 5.47. The minimum absolute atomic E-state index is 0.235. The largest absolute Gasteiger partial charge is 0.496 e. The van der Waals surface area contributed by atoms with Gasteiger partial charge in [0.15, 0.2) is 0 Å². The van der Waals surface area contributed by atoms with Gasteiger partial charge in [0.2, 0.25) is 0 Å². The van der Waals surface area contributed by atoms with E-state index in [2.05, 4.69) is 11.1 Å². The van der Waals surface area contributed by atoms with Crippen LogP contribution in [0.1, 0.15) is 11.1 Å². The first-order chi connectivity index (χ1) is 8.67. The third-order valence-electron chi connectivity index (χ3n) is 2.74. The summed E-state index contributed by atoms with van der Waals surface area (Å²) in [4.78, 5) is 3.93. The number of anilines is 1. The molecule has 0 fully saturated rings. The molecule has 0 spiro atoms. The van der Waals surface area contributed by atoms with E-state index in [4.69, 9.17) is 10.5 Å². The number of hydrogen-bond acceptors (Lipinski definition) is 4. The normalized spacial score (nSPS) is 9.83. The van der Waals surface area contributed by atoms with Crippen molar-refractivity contribution in [1.29, 1.82) is 5.26 Å². The van der Waals surface area contributed by atoms with Crippen molar-refractivity contribution in [2.24, 2.45) is 0 Å². The number of nitrogens with zero attached hydrogens (tertiary/aromatic N) is 2. The van der Waals surface area contributed by atoms with E-state index in [1.165, 1.54) is 0 Å². The molecule has 0 saturated carbocycles. The van der Waals surface area contributed by atoms with Crippen LogP contribution >= 0.6 is 0 Å². The van der Waals surface area contributed by atoms with Crippen LogP contribution < -0.4 is 10.5 Å². The van der Waals surface area contributed by atoms with E-state index in [9.17, 15) is 5.26 Å². The Hall–Kier alpha value is -2.54. The molecule has 0 aliphatic heterocycles. The smallest absolute Gasteiger partial charge is 0.141 e. The molecule has 90 valence electrons. The number of pyridine rings is 1. The molecule has 2 N–H and O–H groups in total. The van der Waals surface area contributed by atoms with E-state index in [1.807, 2.05) is 25.1 Å². The molecule has 0 bridgehead atoms. The van der Waals surface area contributed by atoms with Crippen molar-refractivity contribution in [2.45, 2.75) is 6.92 Å². The van der Waals surface area contributed by atoms with Gasteiger partial charge in [0.05, 0.1) is 7.11 Å². The Labute approximate surface area is 106 Å². The number of nitriles is 1. The quantitative estimate of drug-likeness (QED) is 0.874. The SMILES string of the molecule is COc1ccc(C)cc1-c1ccnc(N)c1C#N. The second-order valence-electron chi connectivity index (χ2n) is 3.93. The second-order valence-corrected chi connectivity index (χ2v) is 3.93. The van der Waals surface area contributed by atoms with Crippen LogP contribution in [0.15, 0.2) is 30.5 Å². The van der Waals surface area contributed by atoms with Crippen molar-refractivity contribution >= 4 is 5.82 Å². The van der Waals surface area contributed by atoms with Crippen molar-refractivity contribution in [1.82, 2.24) is 4.98 Å². The molecule has 1 heterocycles. The fraction of sp³-hybridized carbons (Fsp3) is 0.143. The van der Waals surface area contributed by atoms with E-state index >= 15 is 0 Å². The van der Waals surface area contributed by atoms with E-state index < -0.39 is 0 Å². The van der Waals surface area contributed by atoms with E-state index in [-0.39, 0.29) is 5.82 Å². The van der Waals surface area contributed by atoms with Crippen molar-refractivity contribution in [2.75, 3.05) is 12.8 Å². The lowest BCUT2D eigenvalue weighted by atomic mass is 9.99. The van der Waals surface area contributed by atoms with Gasteiger partial charge < -0.3 is 10.5 Å². The zero-order chi connectivity index (χ0) is 13.1. The highest BCUT2D eigenvalue weighted by atomic mass is 16.5. The summed E-state index contributed by atoms with van der Waals surface area (Å²) in [6.45, 7) is 1.99. The molecule has 0 aliphatic carbocycles. The average Bonchev–Trinajstić information content (AvgIpc) is 2.38. The Bertz CT molecular complexity index is 629. The summed E-state index contributed by atoms with van der Waals surface area (Å²) in [6.07, 6.45) is 1.59. The number of aromatic nitrogens is 1. The van der Waals surface area contributed by atoms with Gasteiger partial charge in [-0.3, -0.25) is 0 Å². The maximum Gasteiger partial charge on any atom is 0.141 e. The number of rotatable bonds is 2. The number of benzene rings is 1. The third-order valence-corrected chi connectivity index (χ3v) is 2.74. The third kappa shape index (κ3) is 1.98. The number of aryl methyl sites for hydroxylation is 1. The number of hydrogen-bond donors (Lipinski definition) is 1. The molecule has 18 heavy (non-hydrogen) atoms. The van der Waals surface area contributed by atoms with Crippen LogP contribution in [0.3, 0.4) is 0 Å². The molecular weight excluding hydrogens is 226 g/mol. The van der Waals surface area contributed by atoms with Crippen molar-refractivity contribution < 1.29 is 4.74 Å². The molecule has 0 aliphatic rings. The van der Waals surface area contributed by atoms with Crippen LogP contribution in [0.4, 0.5) is 5.82 Å². The highest BCUT2D eigenvalue weighted by Gasteiger charge is 2.13. The first-order valence-corrected chi connectivity index (χ1v) is 5.47. The van der Waals surface area contributed by atoms with Gasteiger partial charge in [-0.15, -0.1) is 0 Å². The molecule has 0 radical (unpaired) electrons. The standard InChI is InChI=1S/C14H13N3O/c1-9-3-4-13(18-2)11(7-9)10-5-6-17-14(16)12(10)8-15/h3-7H,1-2H3,(H2,16,17). The summed E-state index contributed by atoms with van der Waals surface area (Å²) in [6, 6.07) is 9.66. The van der Waals surface area contributed by atoms with Gasteiger partial charge in [-0.1, -0.05) is 11.6 Å². The average molecular weight is 239 g/mol. The van der Waals surface area contributed by atoms with Crippen LogP contribution in [0.2, 0.25) is 0 Å². The maximum atomic E-state index is 9.18. The molecular formula is C14H13N3O.